The number of benzene rings is 2. The van der Waals surface area contributed by atoms with Gasteiger partial charge in [-0.15, -0.1) is 0 Å². The molecule has 27 heavy (non-hydrogen) atoms. The summed E-state index contributed by atoms with van der Waals surface area (Å²) in [5.74, 6) is -1.90. The van der Waals surface area contributed by atoms with Gasteiger partial charge in [-0.25, -0.2) is 9.18 Å². The zero-order valence-corrected chi connectivity index (χ0v) is 14.4. The maximum atomic E-state index is 13.0. The van der Waals surface area contributed by atoms with E-state index in [0.29, 0.717) is 5.69 Å². The average molecular weight is 369 g/mol. The van der Waals surface area contributed by atoms with Crippen molar-refractivity contribution in [3.63, 3.8) is 0 Å². The molecule has 0 fully saturated rings. The molecule has 0 aliphatic rings. The summed E-state index contributed by atoms with van der Waals surface area (Å²) in [5, 5.41) is 6.32. The summed E-state index contributed by atoms with van der Waals surface area (Å²) >= 11 is 0. The quantitative estimate of drug-likeness (QED) is 0.528. The molecule has 0 radical (unpaired) electrons. The van der Waals surface area contributed by atoms with Crippen molar-refractivity contribution in [1.82, 2.24) is 5.16 Å². The third-order valence-corrected chi connectivity index (χ3v) is 3.69. The molecule has 3 rings (SSSR count). The first-order valence-corrected chi connectivity index (χ1v) is 7.98. The van der Waals surface area contributed by atoms with Gasteiger partial charge in [0.1, 0.15) is 11.5 Å². The summed E-state index contributed by atoms with van der Waals surface area (Å²) in [6, 6.07) is 12.5. The zero-order valence-electron chi connectivity index (χ0n) is 14.4. The van der Waals surface area contributed by atoms with E-state index in [1.165, 1.54) is 6.07 Å². The van der Waals surface area contributed by atoms with Gasteiger partial charge in [0.25, 0.3) is 5.91 Å². The number of aromatic nitrogens is 1. The van der Waals surface area contributed by atoms with Gasteiger partial charge in [-0.05, 0) is 25.1 Å². The number of halogens is 1. The van der Waals surface area contributed by atoms with Crippen LogP contribution < -0.4 is 11.1 Å². The Morgan fingerprint density at radius 2 is 1.93 bits per heavy atom. The smallest absolute Gasteiger partial charge is 0.340 e. The van der Waals surface area contributed by atoms with E-state index in [9.17, 15) is 14.0 Å². The molecular formula is C19H16FN3O4. The lowest BCUT2D eigenvalue weighted by atomic mass is 10.1. The van der Waals surface area contributed by atoms with Crippen LogP contribution in [0.2, 0.25) is 0 Å². The second-order valence-corrected chi connectivity index (χ2v) is 5.80. The first kappa shape index (κ1) is 18.1. The van der Waals surface area contributed by atoms with Crippen LogP contribution in [-0.4, -0.2) is 23.6 Å². The van der Waals surface area contributed by atoms with Crippen LogP contribution in [0.15, 0.2) is 53.1 Å². The molecule has 0 bridgehead atoms. The molecule has 0 aliphatic heterocycles. The van der Waals surface area contributed by atoms with Crippen molar-refractivity contribution in [2.24, 2.45) is 0 Å². The number of anilines is 2. The number of nitrogens with zero attached hydrogens (tertiary/aromatic N) is 1. The molecule has 138 valence electrons. The molecule has 3 aromatic rings. The summed E-state index contributed by atoms with van der Waals surface area (Å²) in [7, 11) is 0. The van der Waals surface area contributed by atoms with Gasteiger partial charge in [0.05, 0.1) is 5.56 Å². The number of nitrogen functional groups attached to an aromatic ring is 1. The number of carbonyl (C=O) groups is 2. The van der Waals surface area contributed by atoms with Gasteiger partial charge in [-0.1, -0.05) is 35.0 Å². The van der Waals surface area contributed by atoms with E-state index in [0.717, 1.165) is 23.3 Å². The molecule has 2 aromatic carbocycles. The second kappa shape index (κ2) is 7.69. The predicted octanol–water partition coefficient (Wildman–Crippen LogP) is 3.17. The van der Waals surface area contributed by atoms with Crippen LogP contribution in [0.25, 0.3) is 11.3 Å². The van der Waals surface area contributed by atoms with Crippen LogP contribution in [0.5, 0.6) is 0 Å². The minimum atomic E-state index is -0.833. The molecule has 8 heteroatoms. The average Bonchev–Trinajstić information content (AvgIpc) is 3.08. The van der Waals surface area contributed by atoms with Crippen molar-refractivity contribution in [3.8, 4) is 11.3 Å². The summed E-state index contributed by atoms with van der Waals surface area (Å²) in [5.41, 5.74) is 7.96. The van der Waals surface area contributed by atoms with Gasteiger partial charge < -0.3 is 15.0 Å². The van der Waals surface area contributed by atoms with Gasteiger partial charge in [0.15, 0.2) is 6.61 Å². The molecule has 1 aromatic heterocycles. The van der Waals surface area contributed by atoms with E-state index in [4.69, 9.17) is 15.0 Å². The van der Waals surface area contributed by atoms with E-state index < -0.39 is 24.3 Å². The number of carbonyl (C=O) groups excluding carboxylic acids is 2. The van der Waals surface area contributed by atoms with Crippen molar-refractivity contribution >= 4 is 23.4 Å². The number of nitrogens with two attached hydrogens (primary N) is 1. The number of amides is 1. The number of hydrogen-bond donors (Lipinski definition) is 2. The molecule has 1 amide bonds. The summed E-state index contributed by atoms with van der Waals surface area (Å²) < 4.78 is 22.9. The molecule has 1 heterocycles. The Morgan fingerprint density at radius 1 is 1.19 bits per heavy atom. The monoisotopic (exact) mass is 369 g/mol. The van der Waals surface area contributed by atoms with Gasteiger partial charge in [-0.3, -0.25) is 10.1 Å². The highest BCUT2D eigenvalue weighted by Gasteiger charge is 2.15. The minimum absolute atomic E-state index is 0.0227. The largest absolute Gasteiger partial charge is 0.452 e. The van der Waals surface area contributed by atoms with Gasteiger partial charge in [0, 0.05) is 17.3 Å². The van der Waals surface area contributed by atoms with Crippen LogP contribution in [0, 0.1) is 12.7 Å². The number of hydrogen-bond acceptors (Lipinski definition) is 6. The lowest BCUT2D eigenvalue weighted by Gasteiger charge is -2.06. The Bertz CT molecular complexity index is 983. The second-order valence-electron chi connectivity index (χ2n) is 5.80. The first-order valence-electron chi connectivity index (χ1n) is 7.98. The van der Waals surface area contributed by atoms with Gasteiger partial charge in [0.2, 0.25) is 5.88 Å². The summed E-state index contributed by atoms with van der Waals surface area (Å²) in [6.45, 7) is 1.41. The van der Waals surface area contributed by atoms with E-state index in [2.05, 4.69) is 10.5 Å². The zero-order chi connectivity index (χ0) is 19.4. The summed E-state index contributed by atoms with van der Waals surface area (Å²) in [4.78, 5) is 23.8. The molecule has 0 unspecified atom stereocenters. The van der Waals surface area contributed by atoms with Crippen molar-refractivity contribution in [2.75, 3.05) is 17.7 Å². The van der Waals surface area contributed by atoms with E-state index >= 15 is 0 Å². The molecule has 0 spiro atoms. The third kappa shape index (κ3) is 4.49. The number of ether oxygens (including phenoxy) is 1. The number of nitrogens with one attached hydrogen (secondary N) is 1. The topological polar surface area (TPSA) is 107 Å². The minimum Gasteiger partial charge on any atom is -0.452 e. The lowest BCUT2D eigenvalue weighted by Crippen LogP contribution is -2.21. The standard InChI is InChI=1S/C19H16FN3O4/c1-11-2-4-12(5-3-11)16-9-18(27-23-16)22-17(24)10-26-19(25)14-7-6-13(20)8-15(14)21/h2-9H,10,21H2,1H3,(H,22,24). The van der Waals surface area contributed by atoms with Crippen molar-refractivity contribution in [1.29, 1.82) is 0 Å². The van der Waals surface area contributed by atoms with Crippen molar-refractivity contribution < 1.29 is 23.2 Å². The number of aryl methyl sites for hydroxylation is 1. The van der Waals surface area contributed by atoms with Crippen LogP contribution >= 0.6 is 0 Å². The first-order chi connectivity index (χ1) is 12.9. The fourth-order valence-electron chi connectivity index (χ4n) is 2.30. The molecule has 0 aliphatic carbocycles. The highest BCUT2D eigenvalue weighted by Crippen LogP contribution is 2.22. The highest BCUT2D eigenvalue weighted by atomic mass is 19.1. The van der Waals surface area contributed by atoms with E-state index in [-0.39, 0.29) is 17.1 Å². The molecule has 0 atom stereocenters. The van der Waals surface area contributed by atoms with Crippen LogP contribution in [0.1, 0.15) is 15.9 Å². The number of rotatable bonds is 5. The van der Waals surface area contributed by atoms with Crippen LogP contribution in [0.3, 0.4) is 0 Å². The van der Waals surface area contributed by atoms with Crippen molar-refractivity contribution in [2.45, 2.75) is 6.92 Å². The van der Waals surface area contributed by atoms with E-state index in [1.54, 1.807) is 6.07 Å². The maximum absolute atomic E-state index is 13.0. The van der Waals surface area contributed by atoms with Gasteiger partial charge >= 0.3 is 5.97 Å². The lowest BCUT2D eigenvalue weighted by molar-refractivity contribution is -0.119. The van der Waals surface area contributed by atoms with Crippen LogP contribution in [0.4, 0.5) is 16.0 Å². The fraction of sp³-hybridized carbons (Fsp3) is 0.105. The molecule has 0 saturated heterocycles. The fourth-order valence-corrected chi connectivity index (χ4v) is 2.30. The Hall–Kier alpha value is -3.68. The van der Waals surface area contributed by atoms with Gasteiger partial charge in [-0.2, -0.15) is 0 Å². The van der Waals surface area contributed by atoms with E-state index in [1.807, 2.05) is 31.2 Å². The normalized spacial score (nSPS) is 10.4. The maximum Gasteiger partial charge on any atom is 0.340 e. The molecule has 0 saturated carbocycles. The molecular weight excluding hydrogens is 353 g/mol. The third-order valence-electron chi connectivity index (χ3n) is 3.69. The number of esters is 1. The Balaban J connectivity index is 1.56. The summed E-state index contributed by atoms with van der Waals surface area (Å²) in [6.07, 6.45) is 0. The van der Waals surface area contributed by atoms with Crippen molar-refractivity contribution in [3.05, 3.63) is 65.5 Å². The van der Waals surface area contributed by atoms with Crippen LogP contribution in [-0.2, 0) is 9.53 Å². The highest BCUT2D eigenvalue weighted by molar-refractivity contribution is 5.97. The predicted molar refractivity (Wildman–Crippen MR) is 96.4 cm³/mol. The SMILES string of the molecule is Cc1ccc(-c2cc(NC(=O)COC(=O)c3ccc(F)cc3N)on2)cc1. The Morgan fingerprint density at radius 3 is 2.63 bits per heavy atom. The molecule has 7 nitrogen and oxygen atoms in total. The molecule has 3 N–H and O–H groups in total. The Labute approximate surface area is 153 Å². The Kier molecular flexibility index (Phi) is 5.16.